The van der Waals surface area contributed by atoms with Crippen LogP contribution in [0.1, 0.15) is 26.6 Å². The first-order valence-corrected chi connectivity index (χ1v) is 6.23. The van der Waals surface area contributed by atoms with Crippen LogP contribution in [0.15, 0.2) is 6.07 Å². The van der Waals surface area contributed by atoms with Crippen molar-refractivity contribution in [1.82, 2.24) is 9.97 Å². The van der Waals surface area contributed by atoms with Crippen LogP contribution in [0.3, 0.4) is 0 Å². The summed E-state index contributed by atoms with van der Waals surface area (Å²) in [4.78, 5) is 10.9. The van der Waals surface area contributed by atoms with Gasteiger partial charge in [0.25, 0.3) is 0 Å². The second kappa shape index (κ2) is 6.00. The van der Waals surface area contributed by atoms with Gasteiger partial charge in [-0.05, 0) is 12.3 Å². The van der Waals surface area contributed by atoms with Crippen LogP contribution in [0, 0.1) is 12.3 Å². The van der Waals surface area contributed by atoms with Crippen molar-refractivity contribution in [3.05, 3.63) is 11.9 Å². The molecule has 18 heavy (non-hydrogen) atoms. The van der Waals surface area contributed by atoms with E-state index < -0.39 is 0 Å². The number of aliphatic hydroxyl groups excluding tert-OH is 1. The molecule has 1 rings (SSSR count). The van der Waals surface area contributed by atoms with Gasteiger partial charge < -0.3 is 15.3 Å². The van der Waals surface area contributed by atoms with Crippen LogP contribution in [-0.4, -0.2) is 41.8 Å². The Labute approximate surface area is 109 Å². The summed E-state index contributed by atoms with van der Waals surface area (Å²) in [6.45, 7) is 9.98. The number of aliphatic hydroxyl groups is 1. The fourth-order valence-electron chi connectivity index (χ4n) is 1.81. The Morgan fingerprint density at radius 1 is 1.33 bits per heavy atom. The van der Waals surface area contributed by atoms with Gasteiger partial charge >= 0.3 is 0 Å². The van der Waals surface area contributed by atoms with E-state index in [1.807, 2.05) is 20.0 Å². The van der Waals surface area contributed by atoms with Crippen molar-refractivity contribution in [2.45, 2.75) is 27.7 Å². The summed E-state index contributed by atoms with van der Waals surface area (Å²) >= 11 is 0. The normalized spacial score (nSPS) is 11.4. The highest BCUT2D eigenvalue weighted by Crippen LogP contribution is 2.20. The lowest BCUT2D eigenvalue weighted by Crippen LogP contribution is -2.30. The minimum atomic E-state index is 0.0935. The molecule has 2 N–H and O–H groups in total. The molecule has 0 atom stereocenters. The summed E-state index contributed by atoms with van der Waals surface area (Å²) in [6.07, 6.45) is 0. The van der Waals surface area contributed by atoms with Crippen molar-refractivity contribution in [2.75, 3.05) is 37.0 Å². The number of anilines is 2. The van der Waals surface area contributed by atoms with E-state index in [2.05, 4.69) is 41.0 Å². The molecule has 5 nitrogen and oxygen atoms in total. The fourth-order valence-corrected chi connectivity index (χ4v) is 1.81. The molecule has 0 saturated heterocycles. The molecule has 5 heteroatoms. The first-order valence-electron chi connectivity index (χ1n) is 6.23. The van der Waals surface area contributed by atoms with Gasteiger partial charge in [-0.1, -0.05) is 20.8 Å². The van der Waals surface area contributed by atoms with E-state index in [-0.39, 0.29) is 12.0 Å². The van der Waals surface area contributed by atoms with Crippen molar-refractivity contribution in [3.63, 3.8) is 0 Å². The summed E-state index contributed by atoms with van der Waals surface area (Å²) < 4.78 is 0. The van der Waals surface area contributed by atoms with Gasteiger partial charge in [0.1, 0.15) is 17.5 Å². The lowest BCUT2D eigenvalue weighted by atomic mass is 9.96. The molecule has 0 saturated carbocycles. The molecule has 0 aliphatic rings. The minimum Gasteiger partial charge on any atom is -0.395 e. The third-order valence-electron chi connectivity index (χ3n) is 2.34. The van der Waals surface area contributed by atoms with Crippen molar-refractivity contribution >= 4 is 11.6 Å². The van der Waals surface area contributed by atoms with E-state index in [4.69, 9.17) is 5.11 Å². The molecule has 0 spiro atoms. The first kappa shape index (κ1) is 14.7. The van der Waals surface area contributed by atoms with Gasteiger partial charge in [-0.2, -0.15) is 0 Å². The van der Waals surface area contributed by atoms with Crippen LogP contribution >= 0.6 is 0 Å². The number of hydrogen-bond donors (Lipinski definition) is 2. The van der Waals surface area contributed by atoms with Crippen LogP contribution in [0.5, 0.6) is 0 Å². The summed E-state index contributed by atoms with van der Waals surface area (Å²) in [5.41, 5.74) is 0.215. The average Bonchev–Trinajstić information content (AvgIpc) is 2.23. The standard InChI is InChI=1S/C13H24N4O/c1-10-15-11(14-6-7-18)8-12(16-10)17(5)9-13(2,3)4/h8,18H,6-7,9H2,1-5H3,(H,14,15,16). The molecule has 102 valence electrons. The third-order valence-corrected chi connectivity index (χ3v) is 2.34. The summed E-state index contributed by atoms with van der Waals surface area (Å²) in [5, 5.41) is 11.9. The molecule has 0 amide bonds. The zero-order valence-electron chi connectivity index (χ0n) is 12.0. The van der Waals surface area contributed by atoms with Crippen LogP contribution in [0.2, 0.25) is 0 Å². The van der Waals surface area contributed by atoms with Gasteiger partial charge in [0, 0.05) is 26.2 Å². The first-order chi connectivity index (χ1) is 8.31. The summed E-state index contributed by atoms with van der Waals surface area (Å²) in [7, 11) is 2.03. The van der Waals surface area contributed by atoms with Gasteiger partial charge in [-0.25, -0.2) is 9.97 Å². The predicted octanol–water partition coefficient (Wildman–Crippen LogP) is 1.67. The van der Waals surface area contributed by atoms with Gasteiger partial charge in [-0.3, -0.25) is 0 Å². The fraction of sp³-hybridized carbons (Fsp3) is 0.692. The number of nitrogens with one attached hydrogen (secondary N) is 1. The average molecular weight is 252 g/mol. The number of rotatable bonds is 5. The van der Waals surface area contributed by atoms with Crippen LogP contribution < -0.4 is 10.2 Å². The molecule has 0 aromatic carbocycles. The Morgan fingerprint density at radius 2 is 2.00 bits per heavy atom. The molecule has 1 heterocycles. The maximum Gasteiger partial charge on any atom is 0.134 e. The van der Waals surface area contributed by atoms with E-state index >= 15 is 0 Å². The Balaban J connectivity index is 2.84. The van der Waals surface area contributed by atoms with Crippen molar-refractivity contribution < 1.29 is 5.11 Å². The molecule has 1 aromatic rings. The monoisotopic (exact) mass is 252 g/mol. The Morgan fingerprint density at radius 3 is 2.56 bits per heavy atom. The molecule has 0 aliphatic heterocycles. The Bertz CT molecular complexity index is 387. The number of aromatic nitrogens is 2. The quantitative estimate of drug-likeness (QED) is 0.834. The van der Waals surface area contributed by atoms with Crippen LogP contribution in [0.25, 0.3) is 0 Å². The molecule has 1 aromatic heterocycles. The Kier molecular flexibility index (Phi) is 4.90. The zero-order chi connectivity index (χ0) is 13.8. The molecule has 0 radical (unpaired) electrons. The maximum atomic E-state index is 8.81. The largest absolute Gasteiger partial charge is 0.395 e. The van der Waals surface area contributed by atoms with Crippen molar-refractivity contribution in [1.29, 1.82) is 0 Å². The predicted molar refractivity (Wildman–Crippen MR) is 75.1 cm³/mol. The van der Waals surface area contributed by atoms with E-state index in [1.54, 1.807) is 0 Å². The lowest BCUT2D eigenvalue weighted by molar-refractivity contribution is 0.311. The lowest BCUT2D eigenvalue weighted by Gasteiger charge is -2.27. The highest BCUT2D eigenvalue weighted by molar-refractivity contribution is 5.49. The van der Waals surface area contributed by atoms with Crippen LogP contribution in [0.4, 0.5) is 11.6 Å². The summed E-state index contributed by atoms with van der Waals surface area (Å²) in [6, 6.07) is 1.91. The zero-order valence-corrected chi connectivity index (χ0v) is 12.0. The number of aryl methyl sites for hydroxylation is 1. The summed E-state index contributed by atoms with van der Waals surface area (Å²) in [5.74, 6) is 2.39. The second-order valence-corrected chi connectivity index (χ2v) is 5.73. The smallest absolute Gasteiger partial charge is 0.134 e. The molecule has 0 unspecified atom stereocenters. The Hall–Kier alpha value is -1.36. The van der Waals surface area contributed by atoms with E-state index in [1.165, 1.54) is 0 Å². The number of nitrogens with zero attached hydrogens (tertiary/aromatic N) is 3. The van der Waals surface area contributed by atoms with E-state index in [0.717, 1.165) is 24.0 Å². The van der Waals surface area contributed by atoms with Gasteiger partial charge in [-0.15, -0.1) is 0 Å². The highest BCUT2D eigenvalue weighted by Gasteiger charge is 2.15. The van der Waals surface area contributed by atoms with Crippen LogP contribution in [-0.2, 0) is 0 Å². The number of hydrogen-bond acceptors (Lipinski definition) is 5. The van der Waals surface area contributed by atoms with Gasteiger partial charge in [0.15, 0.2) is 0 Å². The van der Waals surface area contributed by atoms with E-state index in [9.17, 15) is 0 Å². The van der Waals surface area contributed by atoms with Gasteiger partial charge in [0.05, 0.1) is 6.61 Å². The van der Waals surface area contributed by atoms with Gasteiger partial charge in [0.2, 0.25) is 0 Å². The molecular formula is C13H24N4O. The highest BCUT2D eigenvalue weighted by atomic mass is 16.3. The molecular weight excluding hydrogens is 228 g/mol. The third kappa shape index (κ3) is 4.87. The van der Waals surface area contributed by atoms with E-state index in [0.29, 0.717) is 6.54 Å². The molecule has 0 bridgehead atoms. The molecule has 0 aliphatic carbocycles. The topological polar surface area (TPSA) is 61.3 Å². The minimum absolute atomic E-state index is 0.0935. The maximum absolute atomic E-state index is 8.81. The second-order valence-electron chi connectivity index (χ2n) is 5.73. The molecule has 0 fully saturated rings. The van der Waals surface area contributed by atoms with Crippen molar-refractivity contribution in [2.24, 2.45) is 5.41 Å². The van der Waals surface area contributed by atoms with Crippen molar-refractivity contribution in [3.8, 4) is 0 Å². The SMILES string of the molecule is Cc1nc(NCCO)cc(N(C)CC(C)(C)C)n1.